The first kappa shape index (κ1) is 32.0. The molecule has 0 aromatic heterocycles. The van der Waals surface area contributed by atoms with Crippen LogP contribution in [0.25, 0.3) is 0 Å². The van der Waals surface area contributed by atoms with Gasteiger partial charge in [0.15, 0.2) is 0 Å². The molecule has 0 heterocycles. The predicted molar refractivity (Wildman–Crippen MR) is 124 cm³/mol. The van der Waals surface area contributed by atoms with E-state index in [9.17, 15) is 39.0 Å². The molecule has 5 amide bonds. The van der Waals surface area contributed by atoms with Gasteiger partial charge in [0.1, 0.15) is 18.1 Å². The largest absolute Gasteiger partial charge is 0.477 e. The Morgan fingerprint density at radius 1 is 0.943 bits per heavy atom. The summed E-state index contributed by atoms with van der Waals surface area (Å²) in [5.41, 5.74) is 4.71. The van der Waals surface area contributed by atoms with Crippen molar-refractivity contribution in [2.75, 3.05) is 19.4 Å². The fourth-order valence-electron chi connectivity index (χ4n) is 2.32. The number of hydrogen-bond donors (Lipinski definition) is 9. The van der Waals surface area contributed by atoms with Crippen LogP contribution in [0.5, 0.6) is 0 Å². The molecule has 0 spiro atoms. The summed E-state index contributed by atoms with van der Waals surface area (Å²) in [6.45, 7) is 5.80. The number of amides is 5. The van der Waals surface area contributed by atoms with Gasteiger partial charge in [-0.05, 0) is 34.0 Å². The first-order chi connectivity index (χ1) is 16.0. The number of primary amides is 1. The molecule has 0 aliphatic heterocycles. The minimum Gasteiger partial charge on any atom is -0.477 e. The van der Waals surface area contributed by atoms with E-state index < -0.39 is 71.7 Å². The van der Waals surface area contributed by atoms with E-state index in [-0.39, 0.29) is 12.1 Å². The monoisotopic (exact) mass is 522 g/mol. The third-order valence-electron chi connectivity index (χ3n) is 4.28. The van der Waals surface area contributed by atoms with E-state index in [0.29, 0.717) is 11.8 Å². The number of carbonyl (C=O) groups is 6. The Hall–Kier alpha value is -2.95. The van der Waals surface area contributed by atoms with Crippen molar-refractivity contribution in [2.24, 2.45) is 5.73 Å². The summed E-state index contributed by atoms with van der Waals surface area (Å²) in [6.07, 6.45) is 0.460. The molecule has 200 valence electrons. The number of nitrogens with one attached hydrogen (secondary N) is 5. The van der Waals surface area contributed by atoms with Gasteiger partial charge in [-0.3, -0.25) is 24.0 Å². The van der Waals surface area contributed by atoms with Crippen LogP contribution in [0.4, 0.5) is 0 Å². The molecule has 16 heteroatoms. The highest BCUT2D eigenvalue weighted by Gasteiger charge is 2.39. The van der Waals surface area contributed by atoms with Crippen LogP contribution in [0.1, 0.15) is 34.1 Å². The van der Waals surface area contributed by atoms with E-state index in [2.05, 4.69) is 21.3 Å². The van der Waals surface area contributed by atoms with Crippen molar-refractivity contribution >= 4 is 47.3 Å². The van der Waals surface area contributed by atoms with Crippen LogP contribution in [0.2, 0.25) is 0 Å². The molecule has 0 fully saturated rings. The van der Waals surface area contributed by atoms with Crippen molar-refractivity contribution in [3.63, 3.8) is 0 Å². The summed E-state index contributed by atoms with van der Waals surface area (Å²) >= 11 is 0.369. The van der Waals surface area contributed by atoms with Crippen LogP contribution in [-0.4, -0.2) is 99.0 Å². The van der Waals surface area contributed by atoms with Gasteiger partial charge in [0.2, 0.25) is 29.5 Å². The molecule has 35 heavy (non-hydrogen) atoms. The number of carboxylic acids is 1. The molecule has 0 aromatic carbocycles. The number of rotatable bonds is 14. The topological polar surface area (TPSA) is 249 Å². The fraction of sp³-hybridized carbons (Fsp3) is 0.684. The van der Waals surface area contributed by atoms with Gasteiger partial charge in [0.05, 0.1) is 19.6 Å². The minimum absolute atomic E-state index is 0.133. The summed E-state index contributed by atoms with van der Waals surface area (Å²) in [7, 11) is 0. The van der Waals surface area contributed by atoms with Crippen LogP contribution < -0.4 is 32.3 Å². The second kappa shape index (κ2) is 13.8. The van der Waals surface area contributed by atoms with Gasteiger partial charge in [0, 0.05) is 5.54 Å². The minimum atomic E-state index is -2.73. The van der Waals surface area contributed by atoms with Crippen molar-refractivity contribution < 1.29 is 44.1 Å². The molecule has 0 aliphatic carbocycles. The molecule has 15 nitrogen and oxygen atoms in total. The van der Waals surface area contributed by atoms with Crippen LogP contribution in [0, 0.1) is 0 Å². The number of carboxylic acid groups (broad SMARTS) is 1. The standard InChI is InChI=1S/C19H34N6O9S/c1-9(22-15(30)11(8-26)23-13(28)7-21-18(2,3)4)14(29)24-10(6-12(20)27)16(31)25-19(34,35-5)17(32)33/h9-11,21,26,34H,6-8H2,1-5H3,(H2,20,27)(H,22,30)(H,23,28)(H,24,29)(H,25,31)(H,32,33)/t9-,10-,11?,19?/m0/s1. The molecule has 2 unspecified atom stereocenters. The van der Waals surface area contributed by atoms with Crippen molar-refractivity contribution in [3.05, 3.63) is 0 Å². The third-order valence-corrected chi connectivity index (χ3v) is 5.15. The lowest BCUT2D eigenvalue weighted by molar-refractivity contribution is -0.155. The van der Waals surface area contributed by atoms with Crippen molar-refractivity contribution in [1.82, 2.24) is 26.6 Å². The van der Waals surface area contributed by atoms with E-state index in [0.717, 1.165) is 0 Å². The van der Waals surface area contributed by atoms with Gasteiger partial charge in [-0.15, -0.1) is 0 Å². The normalized spacial score (nSPS) is 15.5. The maximum atomic E-state index is 12.5. The highest BCUT2D eigenvalue weighted by molar-refractivity contribution is 8.00. The Balaban J connectivity index is 5.20. The number of aliphatic carboxylic acids is 1. The fourth-order valence-corrected chi connectivity index (χ4v) is 2.69. The lowest BCUT2D eigenvalue weighted by atomic mass is 10.1. The van der Waals surface area contributed by atoms with Gasteiger partial charge in [-0.2, -0.15) is 0 Å². The van der Waals surface area contributed by atoms with E-state index in [1.165, 1.54) is 13.2 Å². The van der Waals surface area contributed by atoms with Crippen molar-refractivity contribution in [3.8, 4) is 0 Å². The number of hydrogen-bond acceptors (Lipinski definition) is 10. The van der Waals surface area contributed by atoms with Gasteiger partial charge >= 0.3 is 5.97 Å². The number of aliphatic hydroxyl groups is 2. The van der Waals surface area contributed by atoms with E-state index in [1.54, 1.807) is 5.32 Å². The van der Waals surface area contributed by atoms with Crippen molar-refractivity contribution in [1.29, 1.82) is 0 Å². The molecule has 4 atom stereocenters. The number of thioether (sulfide) groups is 1. The predicted octanol–water partition coefficient (Wildman–Crippen LogP) is -4.07. The quantitative estimate of drug-likeness (QED) is 0.0992. The number of nitrogens with two attached hydrogens (primary N) is 1. The second-order valence-corrected chi connectivity index (χ2v) is 9.51. The molecule has 0 aliphatic rings. The molecule has 0 saturated carbocycles. The first-order valence-electron chi connectivity index (χ1n) is 10.3. The molecule has 10 N–H and O–H groups in total. The van der Waals surface area contributed by atoms with Crippen LogP contribution in [0.15, 0.2) is 0 Å². The van der Waals surface area contributed by atoms with Gasteiger partial charge in [0.25, 0.3) is 5.06 Å². The highest BCUT2D eigenvalue weighted by atomic mass is 32.2. The smallest absolute Gasteiger partial charge is 0.368 e. The Kier molecular flexibility index (Phi) is 12.7. The van der Waals surface area contributed by atoms with Gasteiger partial charge < -0.3 is 47.6 Å². The lowest BCUT2D eigenvalue weighted by Crippen LogP contribution is -2.60. The Labute approximate surface area is 206 Å². The molecule has 0 rings (SSSR count). The van der Waals surface area contributed by atoms with Gasteiger partial charge in [-0.25, -0.2) is 4.79 Å². The lowest BCUT2D eigenvalue weighted by Gasteiger charge is -2.26. The van der Waals surface area contributed by atoms with Crippen molar-refractivity contribution in [2.45, 2.75) is 62.8 Å². The second-order valence-electron chi connectivity index (χ2n) is 8.51. The molecule has 0 aromatic rings. The zero-order valence-corrected chi connectivity index (χ0v) is 20.9. The summed E-state index contributed by atoms with van der Waals surface area (Å²) < 4.78 is 0. The van der Waals surface area contributed by atoms with E-state index in [1.807, 2.05) is 20.8 Å². The average molecular weight is 523 g/mol. The SMILES string of the molecule is CSC(O)(NC(=O)[C@H](CC(N)=O)NC(=O)[C@H](C)NC(=O)C(CO)NC(=O)CNC(C)(C)C)C(=O)O. The average Bonchev–Trinajstić information content (AvgIpc) is 2.74. The van der Waals surface area contributed by atoms with Crippen LogP contribution in [-0.2, 0) is 28.8 Å². The summed E-state index contributed by atoms with van der Waals surface area (Å²) in [5.74, 6) is -6.49. The summed E-state index contributed by atoms with van der Waals surface area (Å²) in [4.78, 5) is 71.8. The maximum Gasteiger partial charge on any atom is 0.368 e. The number of carbonyl (C=O) groups excluding carboxylic acids is 5. The Bertz CT molecular complexity index is 819. The van der Waals surface area contributed by atoms with E-state index >= 15 is 0 Å². The zero-order valence-electron chi connectivity index (χ0n) is 20.1. The highest BCUT2D eigenvalue weighted by Crippen LogP contribution is 2.16. The van der Waals surface area contributed by atoms with E-state index in [4.69, 9.17) is 10.8 Å². The molecule has 0 radical (unpaired) electrons. The Morgan fingerprint density at radius 3 is 1.94 bits per heavy atom. The molecular weight excluding hydrogens is 488 g/mol. The number of aliphatic hydroxyl groups excluding tert-OH is 1. The zero-order chi connectivity index (χ0) is 27.6. The maximum absolute atomic E-state index is 12.5. The Morgan fingerprint density at radius 2 is 1.51 bits per heavy atom. The molecular formula is C19H34N6O9S. The van der Waals surface area contributed by atoms with Crippen LogP contribution >= 0.6 is 11.8 Å². The molecule has 0 bridgehead atoms. The summed E-state index contributed by atoms with van der Waals surface area (Å²) in [5, 5.41) is 37.1. The summed E-state index contributed by atoms with van der Waals surface area (Å²) in [6, 6.07) is -4.37. The van der Waals surface area contributed by atoms with Gasteiger partial charge in [-0.1, -0.05) is 11.8 Å². The molecule has 0 saturated heterocycles. The van der Waals surface area contributed by atoms with Crippen LogP contribution in [0.3, 0.4) is 0 Å². The third kappa shape index (κ3) is 11.8. The first-order valence-corrected chi connectivity index (χ1v) is 11.6.